The van der Waals surface area contributed by atoms with Gasteiger partial charge < -0.3 is 0 Å². The molecular weight excluding hydrogens is 406 g/mol. The third kappa shape index (κ3) is 3.95. The predicted molar refractivity (Wildman–Crippen MR) is 114 cm³/mol. The van der Waals surface area contributed by atoms with E-state index in [9.17, 15) is 18.4 Å². The average molecular weight is 422 g/mol. The summed E-state index contributed by atoms with van der Waals surface area (Å²) in [6.45, 7) is 0.0607. The molecule has 0 saturated heterocycles. The highest BCUT2D eigenvalue weighted by Crippen LogP contribution is 2.20. The van der Waals surface area contributed by atoms with Gasteiger partial charge in [0.1, 0.15) is 16.3 Å². The van der Waals surface area contributed by atoms with E-state index in [4.69, 9.17) is 0 Å². The van der Waals surface area contributed by atoms with Gasteiger partial charge in [0.05, 0.1) is 16.9 Å². The number of aryl methyl sites for hydroxylation is 1. The van der Waals surface area contributed by atoms with Gasteiger partial charge in [-0.2, -0.15) is 0 Å². The van der Waals surface area contributed by atoms with Crippen molar-refractivity contribution in [1.82, 2.24) is 9.13 Å². The molecule has 0 radical (unpaired) electrons. The summed E-state index contributed by atoms with van der Waals surface area (Å²) < 4.78 is 29.1. The van der Waals surface area contributed by atoms with E-state index in [1.165, 1.54) is 40.2 Å². The Bertz CT molecular complexity index is 1400. The van der Waals surface area contributed by atoms with Crippen LogP contribution in [0.3, 0.4) is 0 Å². The molecule has 0 N–H and O–H groups in total. The summed E-state index contributed by atoms with van der Waals surface area (Å²) in [5, 5.41) is 0. The molecule has 0 bridgehead atoms. The van der Waals surface area contributed by atoms with Gasteiger partial charge in [0, 0.05) is 13.5 Å². The molecule has 2 heterocycles. The monoisotopic (exact) mass is 422 g/mol. The lowest BCUT2D eigenvalue weighted by molar-refractivity contribution is 0.623. The molecule has 0 aliphatic heterocycles. The number of rotatable bonds is 3. The van der Waals surface area contributed by atoms with Crippen molar-refractivity contribution in [3.05, 3.63) is 103 Å². The number of halogens is 2. The quantitative estimate of drug-likeness (QED) is 0.473. The maximum absolute atomic E-state index is 13.1. The van der Waals surface area contributed by atoms with Gasteiger partial charge in [-0.3, -0.25) is 13.9 Å². The first-order valence-electron chi connectivity index (χ1n) is 9.13. The van der Waals surface area contributed by atoms with Crippen LogP contribution in [0.25, 0.3) is 10.2 Å². The van der Waals surface area contributed by atoms with Crippen molar-refractivity contribution in [2.45, 2.75) is 13.0 Å². The zero-order valence-electron chi connectivity index (χ0n) is 16.0. The molecule has 4 aromatic rings. The summed E-state index contributed by atoms with van der Waals surface area (Å²) in [5.41, 5.74) is 1.23. The number of nitrogens with zero attached hydrogens (tertiary/aromatic N) is 2. The number of benzene rings is 2. The highest BCUT2D eigenvalue weighted by atomic mass is 32.1. The lowest BCUT2D eigenvalue weighted by Gasteiger charge is -2.08. The molecule has 0 atom stereocenters. The zero-order chi connectivity index (χ0) is 21.3. The van der Waals surface area contributed by atoms with E-state index < -0.39 is 11.2 Å². The minimum Gasteiger partial charge on any atom is -0.295 e. The molecule has 2 aromatic carbocycles. The molecule has 30 heavy (non-hydrogen) atoms. The zero-order valence-corrected chi connectivity index (χ0v) is 16.8. The smallest absolute Gasteiger partial charge is 0.295 e. The van der Waals surface area contributed by atoms with E-state index in [-0.39, 0.29) is 18.2 Å². The summed E-state index contributed by atoms with van der Waals surface area (Å²) in [4.78, 5) is 26.3. The van der Waals surface area contributed by atoms with Crippen LogP contribution in [0.4, 0.5) is 8.78 Å². The Hall–Kier alpha value is -3.50. The Kier molecular flexibility index (Phi) is 5.34. The SMILES string of the molecule is Cn1c(=O)n(Cc2ccc(F)cc2)c(=O)c2sc(C#CCc3ccc(F)cc3)cc21. The lowest BCUT2D eigenvalue weighted by atomic mass is 10.1. The van der Waals surface area contributed by atoms with Crippen LogP contribution in [-0.2, 0) is 20.0 Å². The van der Waals surface area contributed by atoms with Crippen LogP contribution in [0.15, 0.2) is 64.2 Å². The van der Waals surface area contributed by atoms with Crippen molar-refractivity contribution in [3.63, 3.8) is 0 Å². The van der Waals surface area contributed by atoms with Gasteiger partial charge in [0.2, 0.25) is 0 Å². The topological polar surface area (TPSA) is 44.0 Å². The van der Waals surface area contributed by atoms with Crippen molar-refractivity contribution in [3.8, 4) is 11.8 Å². The van der Waals surface area contributed by atoms with E-state index in [1.54, 1.807) is 37.4 Å². The predicted octanol–water partition coefficient (Wildman–Crippen LogP) is 3.68. The second kappa shape index (κ2) is 8.09. The fraction of sp³-hybridized carbons (Fsp3) is 0.130. The van der Waals surface area contributed by atoms with Crippen molar-refractivity contribution in [2.75, 3.05) is 0 Å². The van der Waals surface area contributed by atoms with E-state index in [0.29, 0.717) is 27.1 Å². The molecule has 0 fully saturated rings. The van der Waals surface area contributed by atoms with Gasteiger partial charge in [-0.25, -0.2) is 13.6 Å². The maximum atomic E-state index is 13.1. The van der Waals surface area contributed by atoms with Gasteiger partial charge in [-0.05, 0) is 41.5 Å². The Morgan fingerprint density at radius 3 is 2.17 bits per heavy atom. The van der Waals surface area contributed by atoms with Crippen LogP contribution in [0.2, 0.25) is 0 Å². The molecule has 2 aromatic heterocycles. The van der Waals surface area contributed by atoms with E-state index in [1.807, 2.05) is 0 Å². The Balaban J connectivity index is 1.68. The summed E-state index contributed by atoms with van der Waals surface area (Å²) >= 11 is 1.22. The molecule has 150 valence electrons. The van der Waals surface area contributed by atoms with E-state index >= 15 is 0 Å². The molecule has 0 saturated carbocycles. The Labute approximate surface area is 174 Å². The van der Waals surface area contributed by atoms with Crippen molar-refractivity contribution in [2.24, 2.45) is 7.05 Å². The standard InChI is InChI=1S/C23H16F2N2O2S/c1-26-20-13-19(4-2-3-15-5-9-17(24)10-6-15)30-21(20)22(28)27(23(26)29)14-16-7-11-18(25)12-8-16/h5-13H,3,14H2,1H3. The fourth-order valence-corrected chi connectivity index (χ4v) is 4.10. The minimum atomic E-state index is -0.444. The Morgan fingerprint density at radius 1 is 0.933 bits per heavy atom. The van der Waals surface area contributed by atoms with Gasteiger partial charge in [-0.15, -0.1) is 11.3 Å². The van der Waals surface area contributed by atoms with Crippen molar-refractivity contribution >= 4 is 21.6 Å². The lowest BCUT2D eigenvalue weighted by Crippen LogP contribution is -2.38. The van der Waals surface area contributed by atoms with E-state index in [2.05, 4.69) is 11.8 Å². The molecule has 0 spiro atoms. The third-order valence-electron chi connectivity index (χ3n) is 4.70. The molecule has 0 amide bonds. The number of hydrogen-bond acceptors (Lipinski definition) is 3. The van der Waals surface area contributed by atoms with Gasteiger partial charge in [-0.1, -0.05) is 36.1 Å². The van der Waals surface area contributed by atoms with Gasteiger partial charge >= 0.3 is 5.69 Å². The Morgan fingerprint density at radius 2 is 1.53 bits per heavy atom. The average Bonchev–Trinajstić information content (AvgIpc) is 3.17. The second-order valence-electron chi connectivity index (χ2n) is 6.79. The normalized spacial score (nSPS) is 10.8. The number of aromatic nitrogens is 2. The molecule has 0 aliphatic rings. The fourth-order valence-electron chi connectivity index (χ4n) is 3.09. The van der Waals surface area contributed by atoms with E-state index in [0.717, 1.165) is 10.1 Å². The van der Waals surface area contributed by atoms with Crippen LogP contribution >= 0.6 is 11.3 Å². The van der Waals surface area contributed by atoms with Crippen LogP contribution in [-0.4, -0.2) is 9.13 Å². The molecule has 0 aliphatic carbocycles. The van der Waals surface area contributed by atoms with Crippen molar-refractivity contribution in [1.29, 1.82) is 0 Å². The highest BCUT2D eigenvalue weighted by Gasteiger charge is 2.14. The van der Waals surface area contributed by atoms with Crippen LogP contribution in [0.1, 0.15) is 16.0 Å². The first kappa shape index (κ1) is 19.8. The summed E-state index contributed by atoms with van der Waals surface area (Å²) in [6, 6.07) is 13.5. The maximum Gasteiger partial charge on any atom is 0.331 e. The number of hydrogen-bond donors (Lipinski definition) is 0. The second-order valence-corrected chi connectivity index (χ2v) is 7.84. The van der Waals surface area contributed by atoms with Crippen LogP contribution in [0, 0.1) is 23.5 Å². The van der Waals surface area contributed by atoms with Crippen LogP contribution in [0.5, 0.6) is 0 Å². The third-order valence-corrected chi connectivity index (χ3v) is 5.73. The molecular formula is C23H16F2N2O2S. The molecule has 4 nitrogen and oxygen atoms in total. The molecule has 4 rings (SSSR count). The van der Waals surface area contributed by atoms with Crippen molar-refractivity contribution < 1.29 is 8.78 Å². The first-order valence-corrected chi connectivity index (χ1v) is 9.95. The first-order chi connectivity index (χ1) is 14.4. The minimum absolute atomic E-state index is 0.0607. The summed E-state index contributed by atoms with van der Waals surface area (Å²) in [5.74, 6) is 5.36. The van der Waals surface area contributed by atoms with Gasteiger partial charge in [0.15, 0.2) is 0 Å². The largest absolute Gasteiger partial charge is 0.331 e. The van der Waals surface area contributed by atoms with Gasteiger partial charge in [0.25, 0.3) is 5.56 Å². The summed E-state index contributed by atoms with van der Waals surface area (Å²) in [6.07, 6.45) is 0.447. The molecule has 7 heteroatoms. The molecule has 0 unspecified atom stereocenters. The highest BCUT2D eigenvalue weighted by molar-refractivity contribution is 7.19. The van der Waals surface area contributed by atoms with Crippen LogP contribution < -0.4 is 11.2 Å². The number of fused-ring (bicyclic) bond motifs is 1. The summed E-state index contributed by atoms with van der Waals surface area (Å²) in [7, 11) is 1.60. The number of thiophene rings is 1.